The SMILES string of the molecule is CCC(C)c1ccc(N=Cc2cccn2-c2ccc3ccccc3c2)cc1. The van der Waals surface area contributed by atoms with E-state index in [-0.39, 0.29) is 0 Å². The summed E-state index contributed by atoms with van der Waals surface area (Å²) in [6, 6.07) is 27.7. The van der Waals surface area contributed by atoms with Crippen molar-refractivity contribution >= 4 is 22.7 Å². The number of rotatable bonds is 5. The first-order chi connectivity index (χ1) is 13.2. The summed E-state index contributed by atoms with van der Waals surface area (Å²) in [5.41, 5.74) is 4.56. The van der Waals surface area contributed by atoms with Gasteiger partial charge in [0.05, 0.1) is 17.6 Å². The minimum absolute atomic E-state index is 0.591. The Morgan fingerprint density at radius 2 is 1.67 bits per heavy atom. The molecule has 1 unspecified atom stereocenters. The van der Waals surface area contributed by atoms with E-state index < -0.39 is 0 Å². The van der Waals surface area contributed by atoms with E-state index in [9.17, 15) is 0 Å². The van der Waals surface area contributed by atoms with Gasteiger partial charge >= 0.3 is 0 Å². The normalized spacial score (nSPS) is 12.7. The van der Waals surface area contributed by atoms with Gasteiger partial charge in [0.1, 0.15) is 0 Å². The highest BCUT2D eigenvalue weighted by Crippen LogP contribution is 2.23. The summed E-state index contributed by atoms with van der Waals surface area (Å²) in [7, 11) is 0. The molecule has 0 N–H and O–H groups in total. The van der Waals surface area contributed by atoms with Gasteiger partial charge in [-0.2, -0.15) is 0 Å². The molecular formula is C25H24N2. The second-order valence-electron chi connectivity index (χ2n) is 6.99. The molecule has 2 nitrogen and oxygen atoms in total. The standard InChI is InChI=1S/C25H24N2/c1-3-19(2)20-10-13-23(14-11-20)26-18-25-9-6-16-27(25)24-15-12-21-7-4-5-8-22(21)17-24/h4-19H,3H2,1-2H3. The van der Waals surface area contributed by atoms with Crippen molar-refractivity contribution in [3.8, 4) is 5.69 Å². The predicted octanol–water partition coefficient (Wildman–Crippen LogP) is 6.89. The monoisotopic (exact) mass is 352 g/mol. The van der Waals surface area contributed by atoms with Crippen LogP contribution in [0.2, 0.25) is 0 Å². The van der Waals surface area contributed by atoms with Crippen molar-refractivity contribution in [3.63, 3.8) is 0 Å². The number of aliphatic imine (C=N–C) groups is 1. The van der Waals surface area contributed by atoms with Gasteiger partial charge in [0.25, 0.3) is 0 Å². The second kappa shape index (κ2) is 7.63. The van der Waals surface area contributed by atoms with Gasteiger partial charge in [-0.1, -0.05) is 56.3 Å². The van der Waals surface area contributed by atoms with E-state index in [0.717, 1.165) is 23.5 Å². The van der Waals surface area contributed by atoms with Crippen molar-refractivity contribution in [1.29, 1.82) is 0 Å². The Bertz CT molecular complexity index is 1070. The molecule has 4 rings (SSSR count). The lowest BCUT2D eigenvalue weighted by atomic mass is 9.99. The highest BCUT2D eigenvalue weighted by molar-refractivity contribution is 5.86. The fourth-order valence-electron chi connectivity index (χ4n) is 3.33. The van der Waals surface area contributed by atoms with E-state index in [1.807, 2.05) is 6.21 Å². The maximum Gasteiger partial charge on any atom is 0.0639 e. The molecule has 3 aromatic carbocycles. The molecule has 0 saturated heterocycles. The van der Waals surface area contributed by atoms with Gasteiger partial charge in [0.15, 0.2) is 0 Å². The average molecular weight is 352 g/mol. The number of fused-ring (bicyclic) bond motifs is 1. The average Bonchev–Trinajstić information content (AvgIpc) is 3.20. The van der Waals surface area contributed by atoms with E-state index in [2.05, 4.69) is 108 Å². The number of benzene rings is 3. The summed E-state index contributed by atoms with van der Waals surface area (Å²) in [6.07, 6.45) is 5.17. The van der Waals surface area contributed by atoms with Crippen LogP contribution >= 0.6 is 0 Å². The van der Waals surface area contributed by atoms with Crippen LogP contribution in [0.5, 0.6) is 0 Å². The van der Waals surface area contributed by atoms with Crippen LogP contribution < -0.4 is 0 Å². The molecule has 0 bridgehead atoms. The third-order valence-electron chi connectivity index (χ3n) is 5.21. The van der Waals surface area contributed by atoms with Crippen LogP contribution in [0.25, 0.3) is 16.5 Å². The number of aromatic nitrogens is 1. The minimum Gasteiger partial charge on any atom is -0.316 e. The molecule has 27 heavy (non-hydrogen) atoms. The molecule has 1 heterocycles. The Morgan fingerprint density at radius 1 is 0.889 bits per heavy atom. The molecule has 0 aliphatic rings. The zero-order chi connectivity index (χ0) is 18.6. The van der Waals surface area contributed by atoms with Gasteiger partial charge in [-0.15, -0.1) is 0 Å². The van der Waals surface area contributed by atoms with Crippen molar-refractivity contribution in [2.45, 2.75) is 26.2 Å². The Balaban J connectivity index is 1.60. The third kappa shape index (κ3) is 3.70. The molecule has 0 aliphatic carbocycles. The summed E-state index contributed by atoms with van der Waals surface area (Å²) in [6.45, 7) is 4.48. The van der Waals surface area contributed by atoms with Crippen molar-refractivity contribution < 1.29 is 0 Å². The predicted molar refractivity (Wildman–Crippen MR) is 116 cm³/mol. The van der Waals surface area contributed by atoms with Gasteiger partial charge in [-0.3, -0.25) is 4.99 Å². The highest BCUT2D eigenvalue weighted by Gasteiger charge is 2.04. The first-order valence-corrected chi connectivity index (χ1v) is 9.55. The van der Waals surface area contributed by atoms with Crippen molar-refractivity contribution in [1.82, 2.24) is 4.57 Å². The summed E-state index contributed by atoms with van der Waals surface area (Å²) in [5, 5.41) is 2.50. The van der Waals surface area contributed by atoms with E-state index in [1.54, 1.807) is 0 Å². The Morgan fingerprint density at radius 3 is 2.44 bits per heavy atom. The summed E-state index contributed by atoms with van der Waals surface area (Å²) in [4.78, 5) is 4.68. The zero-order valence-corrected chi connectivity index (χ0v) is 15.8. The Hall–Kier alpha value is -3.13. The smallest absolute Gasteiger partial charge is 0.0639 e. The number of nitrogens with zero attached hydrogens (tertiary/aromatic N) is 2. The van der Waals surface area contributed by atoms with Crippen LogP contribution in [-0.2, 0) is 0 Å². The molecule has 1 aromatic heterocycles. The molecule has 0 radical (unpaired) electrons. The summed E-state index contributed by atoms with van der Waals surface area (Å²) >= 11 is 0. The molecule has 2 heteroatoms. The van der Waals surface area contributed by atoms with E-state index in [1.165, 1.54) is 16.3 Å². The lowest BCUT2D eigenvalue weighted by Crippen LogP contribution is -1.97. The highest BCUT2D eigenvalue weighted by atomic mass is 15.0. The van der Waals surface area contributed by atoms with Gasteiger partial charge in [0, 0.05) is 11.9 Å². The summed E-state index contributed by atoms with van der Waals surface area (Å²) < 4.78 is 2.17. The lowest BCUT2D eigenvalue weighted by Gasteiger charge is -2.09. The lowest BCUT2D eigenvalue weighted by molar-refractivity contribution is 0.734. The maximum atomic E-state index is 4.68. The second-order valence-corrected chi connectivity index (χ2v) is 6.99. The molecule has 1 atom stereocenters. The fourth-order valence-corrected chi connectivity index (χ4v) is 3.33. The summed E-state index contributed by atoms with van der Waals surface area (Å²) in [5.74, 6) is 0.591. The Labute approximate surface area is 160 Å². The van der Waals surface area contributed by atoms with Gasteiger partial charge in [-0.25, -0.2) is 0 Å². The zero-order valence-electron chi connectivity index (χ0n) is 15.8. The van der Waals surface area contributed by atoms with Crippen LogP contribution in [0.1, 0.15) is 37.4 Å². The molecular weight excluding hydrogens is 328 g/mol. The number of hydrogen-bond donors (Lipinski definition) is 0. The first kappa shape index (κ1) is 17.3. The molecule has 0 aliphatic heterocycles. The number of hydrogen-bond acceptors (Lipinski definition) is 1. The fraction of sp³-hybridized carbons (Fsp3) is 0.160. The topological polar surface area (TPSA) is 17.3 Å². The molecule has 0 fully saturated rings. The molecule has 0 saturated carbocycles. The molecule has 134 valence electrons. The Kier molecular flexibility index (Phi) is 4.88. The van der Waals surface area contributed by atoms with E-state index >= 15 is 0 Å². The molecule has 4 aromatic rings. The maximum absolute atomic E-state index is 4.68. The van der Waals surface area contributed by atoms with Gasteiger partial charge in [-0.05, 0) is 65.1 Å². The van der Waals surface area contributed by atoms with Crippen LogP contribution in [-0.4, -0.2) is 10.8 Å². The van der Waals surface area contributed by atoms with Gasteiger partial charge in [0.2, 0.25) is 0 Å². The van der Waals surface area contributed by atoms with E-state index in [0.29, 0.717) is 5.92 Å². The third-order valence-corrected chi connectivity index (χ3v) is 5.21. The van der Waals surface area contributed by atoms with Crippen molar-refractivity contribution in [2.75, 3.05) is 0 Å². The largest absolute Gasteiger partial charge is 0.316 e. The van der Waals surface area contributed by atoms with Crippen LogP contribution in [0.15, 0.2) is 90.1 Å². The van der Waals surface area contributed by atoms with Gasteiger partial charge < -0.3 is 4.57 Å². The van der Waals surface area contributed by atoms with Crippen LogP contribution in [0, 0.1) is 0 Å². The molecule has 0 spiro atoms. The van der Waals surface area contributed by atoms with Crippen molar-refractivity contribution in [3.05, 3.63) is 96.3 Å². The first-order valence-electron chi connectivity index (χ1n) is 9.55. The van der Waals surface area contributed by atoms with Crippen LogP contribution in [0.4, 0.5) is 5.69 Å². The van der Waals surface area contributed by atoms with Crippen LogP contribution in [0.3, 0.4) is 0 Å². The van der Waals surface area contributed by atoms with E-state index in [4.69, 9.17) is 0 Å². The quantitative estimate of drug-likeness (QED) is 0.348. The van der Waals surface area contributed by atoms with Crippen molar-refractivity contribution in [2.24, 2.45) is 4.99 Å². The molecule has 0 amide bonds. The minimum atomic E-state index is 0.591.